The lowest BCUT2D eigenvalue weighted by Gasteiger charge is -2.29. The maximum Gasteiger partial charge on any atom is 0.416 e. The number of fused-ring (bicyclic) bond motifs is 1. The molecule has 7 rings (SSSR count). The minimum atomic E-state index is -4.56. The van der Waals surface area contributed by atoms with E-state index in [0.717, 1.165) is 49.8 Å². The van der Waals surface area contributed by atoms with E-state index in [1.165, 1.54) is 16.5 Å². The standard InChI is InChI=1S/C24H24F4N6S/c1-13-9-19(35-31-13)32-11-14-6-7-23(12-32)20(14)34(23)22-29-21-16(3-2-8-33(21)30-22)17-10-15(25)4-5-18(17)24(26,27)28/h4-5,9-10,14,16,20H,2-3,6-8,11-12H2,1H3/t14-,16?,20-,23?,34?/m0/s1. The average molecular weight is 505 g/mol. The third-order valence-corrected chi connectivity index (χ3v) is 9.20. The van der Waals surface area contributed by atoms with Gasteiger partial charge in [-0.1, -0.05) is 0 Å². The number of anilines is 2. The third kappa shape index (κ3) is 3.16. The Hall–Kier alpha value is -2.69. The summed E-state index contributed by atoms with van der Waals surface area (Å²) in [5.74, 6) is 0.312. The van der Waals surface area contributed by atoms with Crippen LogP contribution in [0.4, 0.5) is 28.5 Å². The highest BCUT2D eigenvalue weighted by Gasteiger charge is 2.73. The molecule has 5 heterocycles. The molecule has 2 unspecified atom stereocenters. The van der Waals surface area contributed by atoms with Gasteiger partial charge in [0.2, 0.25) is 5.95 Å². The Bertz CT molecular complexity index is 1320. The van der Waals surface area contributed by atoms with Crippen LogP contribution in [0.3, 0.4) is 0 Å². The summed E-state index contributed by atoms with van der Waals surface area (Å²) >= 11 is 1.53. The van der Waals surface area contributed by atoms with Crippen LogP contribution in [-0.2, 0) is 12.7 Å². The molecule has 11 heteroatoms. The number of benzene rings is 1. The van der Waals surface area contributed by atoms with Crippen molar-refractivity contribution in [2.24, 2.45) is 5.92 Å². The van der Waals surface area contributed by atoms with E-state index in [0.29, 0.717) is 43.1 Å². The lowest BCUT2D eigenvalue weighted by atomic mass is 9.87. The zero-order valence-corrected chi connectivity index (χ0v) is 19.9. The predicted molar refractivity (Wildman–Crippen MR) is 123 cm³/mol. The molecule has 3 fully saturated rings. The fourth-order valence-corrected chi connectivity index (χ4v) is 7.60. The quantitative estimate of drug-likeness (QED) is 0.372. The van der Waals surface area contributed by atoms with E-state index in [9.17, 15) is 17.6 Å². The Kier molecular flexibility index (Phi) is 4.43. The van der Waals surface area contributed by atoms with Gasteiger partial charge in [-0.3, -0.25) is 0 Å². The molecule has 0 radical (unpaired) electrons. The van der Waals surface area contributed by atoms with Gasteiger partial charge < -0.3 is 9.80 Å². The van der Waals surface area contributed by atoms with Crippen molar-refractivity contribution in [3.8, 4) is 0 Å². The molecule has 1 saturated carbocycles. The Balaban J connectivity index is 1.23. The molecule has 3 aromatic rings. The molecule has 0 N–H and O–H groups in total. The molecule has 2 saturated heterocycles. The van der Waals surface area contributed by atoms with E-state index < -0.39 is 23.5 Å². The maximum absolute atomic E-state index is 14.1. The van der Waals surface area contributed by atoms with Gasteiger partial charge in [-0.15, -0.1) is 5.10 Å². The summed E-state index contributed by atoms with van der Waals surface area (Å²) in [4.78, 5) is 9.54. The molecule has 35 heavy (non-hydrogen) atoms. The van der Waals surface area contributed by atoms with Crippen molar-refractivity contribution in [2.75, 3.05) is 22.9 Å². The summed E-state index contributed by atoms with van der Waals surface area (Å²) in [5, 5.41) is 5.95. The van der Waals surface area contributed by atoms with Crippen molar-refractivity contribution < 1.29 is 17.6 Å². The second kappa shape index (κ2) is 7.18. The number of alkyl halides is 3. The number of aromatic nitrogens is 4. The van der Waals surface area contributed by atoms with Crippen molar-refractivity contribution in [3.05, 3.63) is 52.7 Å². The van der Waals surface area contributed by atoms with Crippen molar-refractivity contribution in [3.63, 3.8) is 0 Å². The van der Waals surface area contributed by atoms with E-state index in [4.69, 9.17) is 10.1 Å². The summed E-state index contributed by atoms with van der Waals surface area (Å²) in [6.07, 6.45) is -1.18. The zero-order valence-electron chi connectivity index (χ0n) is 19.1. The van der Waals surface area contributed by atoms with Gasteiger partial charge in [0, 0.05) is 25.6 Å². The van der Waals surface area contributed by atoms with Crippen molar-refractivity contribution in [1.82, 2.24) is 19.1 Å². The van der Waals surface area contributed by atoms with Crippen LogP contribution in [0.2, 0.25) is 0 Å². The molecule has 0 spiro atoms. The normalized spacial score (nSPS) is 29.3. The molecule has 4 atom stereocenters. The van der Waals surface area contributed by atoms with Crippen LogP contribution >= 0.6 is 11.5 Å². The minimum Gasteiger partial charge on any atom is -0.359 e. The van der Waals surface area contributed by atoms with Gasteiger partial charge in [0.15, 0.2) is 0 Å². The highest BCUT2D eigenvalue weighted by Crippen LogP contribution is 2.61. The van der Waals surface area contributed by atoms with Crippen molar-refractivity contribution >= 4 is 22.5 Å². The SMILES string of the molecule is Cc1cc(N2C[C@@H]3CCC4(C2)[C@H]3N4c2nc3n(n2)CCCC3c2cc(F)ccc2C(F)(F)F)sn1. The lowest BCUT2D eigenvalue weighted by molar-refractivity contribution is -0.138. The topological polar surface area (TPSA) is 49.9 Å². The minimum absolute atomic E-state index is 0.0240. The number of aryl methyl sites for hydroxylation is 2. The molecule has 1 aliphatic carbocycles. The van der Waals surface area contributed by atoms with Crippen molar-refractivity contribution in [2.45, 2.75) is 62.8 Å². The van der Waals surface area contributed by atoms with Gasteiger partial charge in [0.1, 0.15) is 16.6 Å². The van der Waals surface area contributed by atoms with Gasteiger partial charge in [-0.05, 0) is 79.9 Å². The summed E-state index contributed by atoms with van der Waals surface area (Å²) < 4.78 is 61.5. The summed E-state index contributed by atoms with van der Waals surface area (Å²) in [6.45, 7) is 4.46. The zero-order chi connectivity index (χ0) is 24.1. The second-order valence-electron chi connectivity index (χ2n) is 10.3. The van der Waals surface area contributed by atoms with Gasteiger partial charge in [0.05, 0.1) is 22.8 Å². The first kappa shape index (κ1) is 21.6. The smallest absolute Gasteiger partial charge is 0.359 e. The van der Waals surface area contributed by atoms with E-state index in [1.54, 1.807) is 4.68 Å². The molecular formula is C24H24F4N6S. The van der Waals surface area contributed by atoms with Crippen LogP contribution in [0.25, 0.3) is 0 Å². The first-order valence-electron chi connectivity index (χ1n) is 12.0. The Morgan fingerprint density at radius 2 is 2.03 bits per heavy atom. The number of piperidine rings is 2. The Morgan fingerprint density at radius 1 is 1.17 bits per heavy atom. The molecule has 0 amide bonds. The fraction of sp³-hybridized carbons (Fsp3) is 0.542. The Labute approximate surface area is 203 Å². The first-order chi connectivity index (χ1) is 16.7. The van der Waals surface area contributed by atoms with Crippen LogP contribution in [0.1, 0.15) is 54.2 Å². The number of nitrogens with zero attached hydrogens (tertiary/aromatic N) is 6. The predicted octanol–water partition coefficient (Wildman–Crippen LogP) is 4.98. The monoisotopic (exact) mass is 504 g/mol. The molecule has 2 bridgehead atoms. The highest BCUT2D eigenvalue weighted by atomic mass is 32.1. The number of hydrogen-bond acceptors (Lipinski definition) is 6. The number of hydrogen-bond donors (Lipinski definition) is 0. The molecule has 3 aliphatic heterocycles. The van der Waals surface area contributed by atoms with E-state index in [2.05, 4.69) is 20.2 Å². The summed E-state index contributed by atoms with van der Waals surface area (Å²) in [5.41, 5.74) is 0.154. The van der Waals surface area contributed by atoms with Crippen LogP contribution < -0.4 is 9.80 Å². The molecular weight excluding hydrogens is 480 g/mol. The summed E-state index contributed by atoms with van der Waals surface area (Å²) in [7, 11) is 0. The molecule has 1 aromatic carbocycles. The maximum atomic E-state index is 14.1. The largest absolute Gasteiger partial charge is 0.416 e. The van der Waals surface area contributed by atoms with Gasteiger partial charge in [-0.25, -0.2) is 9.07 Å². The van der Waals surface area contributed by atoms with Gasteiger partial charge in [-0.2, -0.15) is 22.5 Å². The number of rotatable bonds is 3. The van der Waals surface area contributed by atoms with Gasteiger partial charge in [0.25, 0.3) is 0 Å². The van der Waals surface area contributed by atoms with Crippen LogP contribution in [-0.4, -0.2) is 43.8 Å². The second-order valence-corrected chi connectivity index (χ2v) is 11.1. The van der Waals surface area contributed by atoms with Crippen molar-refractivity contribution in [1.29, 1.82) is 0 Å². The molecule has 4 aliphatic rings. The first-order valence-corrected chi connectivity index (χ1v) is 12.8. The summed E-state index contributed by atoms with van der Waals surface area (Å²) in [6, 6.07) is 5.23. The average Bonchev–Trinajstić information content (AvgIpc) is 3.09. The number of halogens is 4. The van der Waals surface area contributed by atoms with E-state index in [1.807, 2.05) is 6.92 Å². The van der Waals surface area contributed by atoms with Crippen LogP contribution in [0.15, 0.2) is 24.3 Å². The van der Waals surface area contributed by atoms with E-state index in [-0.39, 0.29) is 11.1 Å². The highest BCUT2D eigenvalue weighted by molar-refractivity contribution is 7.10. The van der Waals surface area contributed by atoms with E-state index >= 15 is 0 Å². The molecule has 184 valence electrons. The molecule has 6 nitrogen and oxygen atoms in total. The van der Waals surface area contributed by atoms with Crippen LogP contribution in [0, 0.1) is 18.7 Å². The lowest BCUT2D eigenvalue weighted by Crippen LogP contribution is -2.41. The van der Waals surface area contributed by atoms with Gasteiger partial charge >= 0.3 is 6.18 Å². The fourth-order valence-electron chi connectivity index (χ4n) is 6.83. The molecule has 2 aromatic heterocycles. The third-order valence-electron chi connectivity index (χ3n) is 8.26. The Morgan fingerprint density at radius 3 is 2.80 bits per heavy atom. The van der Waals surface area contributed by atoms with Crippen LogP contribution in [0.5, 0.6) is 0 Å².